The molecule has 1 heterocycles. The summed E-state index contributed by atoms with van der Waals surface area (Å²) in [6.07, 6.45) is 8.33. The van der Waals surface area contributed by atoms with Crippen LogP contribution in [0.3, 0.4) is 0 Å². The van der Waals surface area contributed by atoms with Gasteiger partial charge < -0.3 is 0 Å². The van der Waals surface area contributed by atoms with Gasteiger partial charge in [0, 0.05) is 18.1 Å². The van der Waals surface area contributed by atoms with Crippen molar-refractivity contribution in [1.29, 1.82) is 0 Å². The van der Waals surface area contributed by atoms with Gasteiger partial charge in [0.2, 0.25) is 0 Å². The Morgan fingerprint density at radius 1 is 1.44 bits per heavy atom. The molecule has 0 aliphatic heterocycles. The van der Waals surface area contributed by atoms with Crippen LogP contribution < -0.4 is 0 Å². The van der Waals surface area contributed by atoms with E-state index in [9.17, 15) is 0 Å². The zero-order chi connectivity index (χ0) is 11.6. The molecule has 1 saturated carbocycles. The van der Waals surface area contributed by atoms with Crippen molar-refractivity contribution in [2.24, 2.45) is 5.41 Å². The first-order valence-corrected chi connectivity index (χ1v) is 6.79. The van der Waals surface area contributed by atoms with Crippen LogP contribution in [0.1, 0.15) is 51.3 Å². The molecule has 0 bridgehead atoms. The van der Waals surface area contributed by atoms with Crippen molar-refractivity contribution >= 4 is 11.6 Å². The van der Waals surface area contributed by atoms with Gasteiger partial charge in [0.05, 0.1) is 5.69 Å². The highest BCUT2D eigenvalue weighted by Crippen LogP contribution is 2.41. The highest BCUT2D eigenvalue weighted by molar-refractivity contribution is 6.18. The highest BCUT2D eigenvalue weighted by atomic mass is 35.5. The Labute approximate surface area is 103 Å². The number of rotatable bonds is 4. The van der Waals surface area contributed by atoms with Crippen LogP contribution >= 0.6 is 11.6 Å². The van der Waals surface area contributed by atoms with Crippen molar-refractivity contribution in [1.82, 2.24) is 9.78 Å². The second-order valence-electron chi connectivity index (χ2n) is 5.40. The summed E-state index contributed by atoms with van der Waals surface area (Å²) in [4.78, 5) is 0. The van der Waals surface area contributed by atoms with Crippen LogP contribution in [-0.2, 0) is 6.42 Å². The molecule has 3 heteroatoms. The lowest BCUT2D eigenvalue weighted by Crippen LogP contribution is -2.22. The van der Waals surface area contributed by atoms with Gasteiger partial charge in [0.1, 0.15) is 0 Å². The van der Waals surface area contributed by atoms with Crippen LogP contribution in [0.5, 0.6) is 0 Å². The molecule has 16 heavy (non-hydrogen) atoms. The third-order valence-electron chi connectivity index (χ3n) is 3.70. The second-order valence-corrected chi connectivity index (χ2v) is 5.67. The van der Waals surface area contributed by atoms with E-state index in [-0.39, 0.29) is 0 Å². The second kappa shape index (κ2) is 4.79. The van der Waals surface area contributed by atoms with Gasteiger partial charge in [-0.1, -0.05) is 12.8 Å². The summed E-state index contributed by atoms with van der Waals surface area (Å²) >= 11 is 6.15. The Morgan fingerprint density at radius 3 is 2.62 bits per heavy atom. The fourth-order valence-corrected chi connectivity index (χ4v) is 2.99. The summed E-state index contributed by atoms with van der Waals surface area (Å²) < 4.78 is 2.03. The van der Waals surface area contributed by atoms with Crippen molar-refractivity contribution in [2.45, 2.75) is 52.0 Å². The first kappa shape index (κ1) is 12.0. The van der Waals surface area contributed by atoms with E-state index >= 15 is 0 Å². The molecule has 1 aliphatic rings. The molecule has 0 atom stereocenters. The third-order valence-corrected chi connectivity index (χ3v) is 4.26. The summed E-state index contributed by atoms with van der Waals surface area (Å²) in [6.45, 7) is 4.31. The molecular formula is C13H21ClN2. The predicted octanol–water partition coefficient (Wildman–Crippen LogP) is 3.81. The average Bonchev–Trinajstić information content (AvgIpc) is 2.88. The molecule has 90 valence electrons. The lowest BCUT2D eigenvalue weighted by molar-refractivity contribution is 0.335. The first-order valence-electron chi connectivity index (χ1n) is 6.25. The van der Waals surface area contributed by atoms with E-state index in [0.717, 1.165) is 12.3 Å². The summed E-state index contributed by atoms with van der Waals surface area (Å²) in [5.41, 5.74) is 1.54. The molecule has 1 aliphatic carbocycles. The molecule has 2 rings (SSSR count). The van der Waals surface area contributed by atoms with Crippen LogP contribution in [-0.4, -0.2) is 15.7 Å². The summed E-state index contributed by atoms with van der Waals surface area (Å²) in [5.74, 6) is 0.779. The molecule has 1 fully saturated rings. The largest absolute Gasteiger partial charge is 0.270 e. The van der Waals surface area contributed by atoms with Gasteiger partial charge in [-0.05, 0) is 44.6 Å². The number of alkyl halides is 1. The number of aromatic nitrogens is 2. The number of nitrogens with zero attached hydrogens (tertiary/aromatic N) is 2. The third kappa shape index (κ3) is 2.42. The molecule has 1 aromatic heterocycles. The zero-order valence-corrected chi connectivity index (χ0v) is 11.0. The summed E-state index contributed by atoms with van der Waals surface area (Å²) in [5, 5.41) is 4.62. The minimum atomic E-state index is 0.331. The standard InChI is InChI=1S/C13H21ClN2/c1-11(2)16-8-5-12(15-16)9-13(10-14)6-3-4-7-13/h5,8,11H,3-4,6-7,9-10H2,1-2H3. The van der Waals surface area contributed by atoms with Gasteiger partial charge in [-0.25, -0.2) is 0 Å². The van der Waals surface area contributed by atoms with Gasteiger partial charge >= 0.3 is 0 Å². The van der Waals surface area contributed by atoms with E-state index in [2.05, 4.69) is 31.2 Å². The zero-order valence-electron chi connectivity index (χ0n) is 10.2. The van der Waals surface area contributed by atoms with Crippen molar-refractivity contribution in [3.05, 3.63) is 18.0 Å². The Balaban J connectivity index is 2.07. The number of hydrogen-bond donors (Lipinski definition) is 0. The minimum Gasteiger partial charge on any atom is -0.270 e. The topological polar surface area (TPSA) is 17.8 Å². The first-order chi connectivity index (χ1) is 7.65. The fraction of sp³-hybridized carbons (Fsp3) is 0.769. The predicted molar refractivity (Wildman–Crippen MR) is 67.9 cm³/mol. The molecule has 0 unspecified atom stereocenters. The van der Waals surface area contributed by atoms with Crippen LogP contribution in [0, 0.1) is 5.41 Å². The molecule has 0 amide bonds. The van der Waals surface area contributed by atoms with E-state index < -0.39 is 0 Å². The highest BCUT2D eigenvalue weighted by Gasteiger charge is 2.33. The maximum absolute atomic E-state index is 6.15. The van der Waals surface area contributed by atoms with Gasteiger partial charge in [-0.15, -0.1) is 11.6 Å². The molecule has 1 aromatic rings. The number of halogens is 1. The molecule has 2 nitrogen and oxygen atoms in total. The van der Waals surface area contributed by atoms with Crippen molar-refractivity contribution in [3.8, 4) is 0 Å². The van der Waals surface area contributed by atoms with Crippen molar-refractivity contribution < 1.29 is 0 Å². The smallest absolute Gasteiger partial charge is 0.0630 e. The van der Waals surface area contributed by atoms with E-state index in [1.165, 1.54) is 31.4 Å². The summed E-state index contributed by atoms with van der Waals surface area (Å²) in [6, 6.07) is 2.59. The Morgan fingerprint density at radius 2 is 2.12 bits per heavy atom. The number of hydrogen-bond acceptors (Lipinski definition) is 1. The van der Waals surface area contributed by atoms with Crippen molar-refractivity contribution in [2.75, 3.05) is 5.88 Å². The molecule has 0 aromatic carbocycles. The maximum atomic E-state index is 6.15. The van der Waals surface area contributed by atoms with Crippen LogP contribution in [0.2, 0.25) is 0 Å². The lowest BCUT2D eigenvalue weighted by atomic mass is 9.84. The van der Waals surface area contributed by atoms with Crippen molar-refractivity contribution in [3.63, 3.8) is 0 Å². The van der Waals surface area contributed by atoms with E-state index in [0.29, 0.717) is 11.5 Å². The van der Waals surface area contributed by atoms with Gasteiger partial charge in [-0.2, -0.15) is 5.10 Å². The molecule has 0 saturated heterocycles. The van der Waals surface area contributed by atoms with E-state index in [1.807, 2.05) is 4.68 Å². The van der Waals surface area contributed by atoms with Crippen LogP contribution in [0.4, 0.5) is 0 Å². The van der Waals surface area contributed by atoms with Crippen LogP contribution in [0.25, 0.3) is 0 Å². The summed E-state index contributed by atoms with van der Waals surface area (Å²) in [7, 11) is 0. The SMILES string of the molecule is CC(C)n1ccc(CC2(CCl)CCCC2)n1. The minimum absolute atomic E-state index is 0.331. The molecule has 0 radical (unpaired) electrons. The van der Waals surface area contributed by atoms with Gasteiger partial charge in [-0.3, -0.25) is 4.68 Å². The van der Waals surface area contributed by atoms with Gasteiger partial charge in [0.25, 0.3) is 0 Å². The average molecular weight is 241 g/mol. The normalized spacial score (nSPS) is 19.5. The lowest BCUT2D eigenvalue weighted by Gasteiger charge is -2.24. The molecule has 0 N–H and O–H groups in total. The monoisotopic (exact) mass is 240 g/mol. The molecular weight excluding hydrogens is 220 g/mol. The van der Waals surface area contributed by atoms with Gasteiger partial charge in [0.15, 0.2) is 0 Å². The maximum Gasteiger partial charge on any atom is 0.0630 e. The Hall–Kier alpha value is -0.500. The van der Waals surface area contributed by atoms with E-state index in [4.69, 9.17) is 11.6 Å². The quantitative estimate of drug-likeness (QED) is 0.732. The Kier molecular flexibility index (Phi) is 3.58. The van der Waals surface area contributed by atoms with Crippen LogP contribution in [0.15, 0.2) is 12.3 Å². The Bertz CT molecular complexity index is 337. The molecule has 0 spiro atoms. The van der Waals surface area contributed by atoms with E-state index in [1.54, 1.807) is 0 Å². The fourth-order valence-electron chi connectivity index (χ4n) is 2.63.